The van der Waals surface area contributed by atoms with Gasteiger partial charge in [0.25, 0.3) is 0 Å². The fraction of sp³-hybridized carbons (Fsp3) is 0.261. The van der Waals surface area contributed by atoms with Crippen LogP contribution in [0.2, 0.25) is 10.0 Å². The van der Waals surface area contributed by atoms with Crippen LogP contribution in [0.5, 0.6) is 0 Å². The monoisotopic (exact) mass is 438 g/mol. The van der Waals surface area contributed by atoms with E-state index in [1.807, 2.05) is 48.5 Å². The normalized spacial score (nSPS) is 19.9. The van der Waals surface area contributed by atoms with E-state index in [-0.39, 0.29) is 17.2 Å². The summed E-state index contributed by atoms with van der Waals surface area (Å²) in [6.07, 6.45) is 1.28. The highest BCUT2D eigenvalue weighted by atomic mass is 35.5. The van der Waals surface area contributed by atoms with Crippen molar-refractivity contribution in [3.63, 3.8) is 0 Å². The maximum atomic E-state index is 13.2. The minimum atomic E-state index is -0.349. The summed E-state index contributed by atoms with van der Waals surface area (Å²) in [5.41, 5.74) is 3.35. The summed E-state index contributed by atoms with van der Waals surface area (Å²) in [6.45, 7) is 4.23. The topological polar surface area (TPSA) is 59.8 Å². The fourth-order valence-electron chi connectivity index (χ4n) is 4.31. The zero-order chi connectivity index (χ0) is 21.0. The molecule has 0 spiro atoms. The predicted octanol–water partition coefficient (Wildman–Crippen LogP) is 5.91. The first-order valence-corrected chi connectivity index (χ1v) is 10.6. The molecule has 0 saturated heterocycles. The quantitative estimate of drug-likeness (QED) is 0.539. The fourth-order valence-corrected chi connectivity index (χ4v) is 4.63. The molecule has 1 aliphatic carbocycles. The number of fused-ring (bicyclic) bond motifs is 1. The summed E-state index contributed by atoms with van der Waals surface area (Å²) in [5.74, 6) is 1.32. The van der Waals surface area contributed by atoms with Gasteiger partial charge in [-0.2, -0.15) is 4.98 Å². The van der Waals surface area contributed by atoms with E-state index in [4.69, 9.17) is 33.3 Å². The Kier molecular flexibility index (Phi) is 4.49. The molecule has 5 rings (SSSR count). The molecule has 0 radical (unpaired) electrons. The second-order valence-corrected chi connectivity index (χ2v) is 9.50. The van der Waals surface area contributed by atoms with E-state index < -0.39 is 0 Å². The second-order valence-electron chi connectivity index (χ2n) is 8.63. The summed E-state index contributed by atoms with van der Waals surface area (Å²) in [7, 11) is 0. The lowest BCUT2D eigenvalue weighted by Gasteiger charge is -2.38. The van der Waals surface area contributed by atoms with Gasteiger partial charge in [0.15, 0.2) is 11.6 Å². The number of nitrogens with zero attached hydrogens (tertiary/aromatic N) is 3. The van der Waals surface area contributed by atoms with Gasteiger partial charge in [0.05, 0.1) is 0 Å². The number of carbonyl (C=O) groups excluding carboxylic acids is 1. The number of halogens is 2. The van der Waals surface area contributed by atoms with Crippen LogP contribution in [0.4, 0.5) is 5.95 Å². The van der Waals surface area contributed by atoms with E-state index in [9.17, 15) is 4.79 Å². The number of aromatic nitrogens is 3. The first-order chi connectivity index (χ1) is 14.3. The van der Waals surface area contributed by atoms with Crippen LogP contribution < -0.4 is 5.32 Å². The standard InChI is InChI=1S/C23H20Cl2N4O/c1-23(2)11-17-19(18(30)12-23)20(13-6-8-15(24)9-7-13)29-22(26-17)27-21(28-29)14-4-3-5-16(25)10-14/h3-10,20H,11-12H2,1-2H3,(H,26,27,28). The highest BCUT2D eigenvalue weighted by molar-refractivity contribution is 6.31. The van der Waals surface area contributed by atoms with Crippen molar-refractivity contribution < 1.29 is 4.79 Å². The van der Waals surface area contributed by atoms with E-state index in [1.165, 1.54) is 0 Å². The third-order valence-electron chi connectivity index (χ3n) is 5.60. The highest BCUT2D eigenvalue weighted by Gasteiger charge is 2.41. The first kappa shape index (κ1) is 19.3. The van der Waals surface area contributed by atoms with Crippen molar-refractivity contribution in [2.24, 2.45) is 5.41 Å². The molecule has 152 valence electrons. The number of allylic oxidation sites excluding steroid dienone is 2. The SMILES string of the molecule is CC1(C)CC(=O)C2=C(C1)Nc1nc(-c3cccc(Cl)c3)nn1C2c1ccc(Cl)cc1. The van der Waals surface area contributed by atoms with Crippen molar-refractivity contribution >= 4 is 34.9 Å². The molecule has 1 aliphatic heterocycles. The summed E-state index contributed by atoms with van der Waals surface area (Å²) in [5, 5.41) is 9.43. The van der Waals surface area contributed by atoms with Crippen molar-refractivity contribution in [2.45, 2.75) is 32.7 Å². The molecule has 1 atom stereocenters. The lowest BCUT2D eigenvalue weighted by atomic mass is 9.73. The summed E-state index contributed by atoms with van der Waals surface area (Å²) >= 11 is 12.3. The van der Waals surface area contributed by atoms with E-state index in [0.717, 1.165) is 28.8 Å². The van der Waals surface area contributed by atoms with Gasteiger partial charge in [0.1, 0.15) is 6.04 Å². The molecule has 7 heteroatoms. The number of rotatable bonds is 2. The van der Waals surface area contributed by atoms with Gasteiger partial charge in [-0.05, 0) is 41.7 Å². The van der Waals surface area contributed by atoms with Gasteiger partial charge in [0.2, 0.25) is 5.95 Å². The number of hydrogen-bond donors (Lipinski definition) is 1. The molecule has 0 bridgehead atoms. The van der Waals surface area contributed by atoms with Crippen LogP contribution in [0.15, 0.2) is 59.8 Å². The largest absolute Gasteiger partial charge is 0.328 e. The van der Waals surface area contributed by atoms with Crippen LogP contribution in [0.3, 0.4) is 0 Å². The Balaban J connectivity index is 1.68. The van der Waals surface area contributed by atoms with Gasteiger partial charge in [0, 0.05) is 33.3 Å². The molecule has 5 nitrogen and oxygen atoms in total. The van der Waals surface area contributed by atoms with Gasteiger partial charge in [-0.15, -0.1) is 5.10 Å². The Bertz CT molecular complexity index is 1190. The lowest BCUT2D eigenvalue weighted by Crippen LogP contribution is -2.36. The number of benzene rings is 2. The van der Waals surface area contributed by atoms with Gasteiger partial charge >= 0.3 is 0 Å². The number of hydrogen-bond acceptors (Lipinski definition) is 4. The number of Topliss-reactive ketones (excluding diaryl/α,β-unsaturated/α-hetero) is 1. The molecule has 2 heterocycles. The van der Waals surface area contributed by atoms with Crippen molar-refractivity contribution in [1.82, 2.24) is 14.8 Å². The Hall–Kier alpha value is -2.63. The van der Waals surface area contributed by atoms with Gasteiger partial charge < -0.3 is 5.32 Å². The number of nitrogens with one attached hydrogen (secondary N) is 1. The van der Waals surface area contributed by atoms with E-state index in [1.54, 1.807) is 4.68 Å². The second kappa shape index (κ2) is 6.96. The van der Waals surface area contributed by atoms with Gasteiger partial charge in [-0.25, -0.2) is 4.68 Å². The molecule has 3 aromatic rings. The third-order valence-corrected chi connectivity index (χ3v) is 6.09. The van der Waals surface area contributed by atoms with Crippen molar-refractivity contribution in [3.8, 4) is 11.4 Å². The maximum absolute atomic E-state index is 13.2. The molecular weight excluding hydrogens is 419 g/mol. The van der Waals surface area contributed by atoms with E-state index in [2.05, 4.69) is 19.2 Å². The molecular formula is C23H20Cl2N4O. The minimum absolute atomic E-state index is 0.106. The van der Waals surface area contributed by atoms with Crippen LogP contribution in [-0.4, -0.2) is 20.5 Å². The Morgan fingerprint density at radius 2 is 1.83 bits per heavy atom. The molecule has 2 aliphatic rings. The molecule has 0 fully saturated rings. The summed E-state index contributed by atoms with van der Waals surface area (Å²) < 4.78 is 1.80. The Morgan fingerprint density at radius 3 is 2.57 bits per heavy atom. The lowest BCUT2D eigenvalue weighted by molar-refractivity contribution is -0.118. The zero-order valence-corrected chi connectivity index (χ0v) is 18.1. The van der Waals surface area contributed by atoms with Gasteiger partial charge in [-0.3, -0.25) is 4.79 Å². The van der Waals surface area contributed by atoms with Crippen LogP contribution in [0, 0.1) is 5.41 Å². The van der Waals surface area contributed by atoms with Crippen LogP contribution in [0.25, 0.3) is 11.4 Å². The molecule has 1 N–H and O–H groups in total. The molecule has 1 aromatic heterocycles. The van der Waals surface area contributed by atoms with Crippen LogP contribution in [0.1, 0.15) is 38.3 Å². The number of carbonyl (C=O) groups is 1. The van der Waals surface area contributed by atoms with E-state index >= 15 is 0 Å². The highest BCUT2D eigenvalue weighted by Crippen LogP contribution is 2.45. The third kappa shape index (κ3) is 3.32. The smallest absolute Gasteiger partial charge is 0.226 e. The molecule has 0 saturated carbocycles. The molecule has 1 unspecified atom stereocenters. The predicted molar refractivity (Wildman–Crippen MR) is 119 cm³/mol. The number of anilines is 1. The van der Waals surface area contributed by atoms with Crippen LogP contribution in [-0.2, 0) is 4.79 Å². The van der Waals surface area contributed by atoms with Crippen molar-refractivity contribution in [1.29, 1.82) is 0 Å². The zero-order valence-electron chi connectivity index (χ0n) is 16.6. The Labute approximate surface area is 184 Å². The molecule has 2 aromatic carbocycles. The molecule has 0 amide bonds. The first-order valence-electron chi connectivity index (χ1n) is 9.82. The van der Waals surface area contributed by atoms with Crippen molar-refractivity contribution in [2.75, 3.05) is 5.32 Å². The van der Waals surface area contributed by atoms with Crippen molar-refractivity contribution in [3.05, 3.63) is 75.4 Å². The minimum Gasteiger partial charge on any atom is -0.328 e. The maximum Gasteiger partial charge on any atom is 0.226 e. The van der Waals surface area contributed by atoms with E-state index in [0.29, 0.717) is 28.2 Å². The summed E-state index contributed by atoms with van der Waals surface area (Å²) in [4.78, 5) is 18.0. The molecule has 30 heavy (non-hydrogen) atoms. The van der Waals surface area contributed by atoms with Gasteiger partial charge in [-0.1, -0.05) is 61.3 Å². The number of ketones is 1. The average molecular weight is 439 g/mol. The Morgan fingerprint density at radius 1 is 1.07 bits per heavy atom. The average Bonchev–Trinajstić information content (AvgIpc) is 3.10. The van der Waals surface area contributed by atoms with Crippen LogP contribution >= 0.6 is 23.2 Å². The summed E-state index contributed by atoms with van der Waals surface area (Å²) in [6, 6.07) is 14.7.